The average molecular weight is 780 g/mol. The molecule has 0 spiro atoms. The molecule has 4 heterocycles. The van der Waals surface area contributed by atoms with Crippen molar-refractivity contribution >= 4 is 48.1 Å². The number of carbonyl (C=O) groups excluding carboxylic acids is 1. The van der Waals surface area contributed by atoms with Crippen molar-refractivity contribution in [2.75, 3.05) is 18.4 Å². The first-order valence-corrected chi connectivity index (χ1v) is 21.0. The van der Waals surface area contributed by atoms with Gasteiger partial charge in [-0.1, -0.05) is 45.0 Å². The smallest absolute Gasteiger partial charge is 0.412 e. The van der Waals surface area contributed by atoms with Crippen LogP contribution in [0.3, 0.4) is 0 Å². The number of para-hydroxylation sites is 1. The number of benzene rings is 2. The second-order valence-electron chi connectivity index (χ2n) is 15.6. The number of hydrogen-bond acceptors (Lipinski definition) is 5. The first-order valence-electron chi connectivity index (χ1n) is 17.6. The van der Waals surface area contributed by atoms with Crippen molar-refractivity contribution in [2.45, 2.75) is 95.3 Å². The van der Waals surface area contributed by atoms with Crippen molar-refractivity contribution in [2.24, 2.45) is 11.8 Å². The highest BCUT2D eigenvalue weighted by molar-refractivity contribution is 7.80. The third-order valence-electron chi connectivity index (χ3n) is 11.0. The summed E-state index contributed by atoms with van der Waals surface area (Å²) in [7, 11) is -2.51. The van der Waals surface area contributed by atoms with E-state index in [2.05, 4.69) is 32.4 Å². The molecular weight excluding hydrogens is 733 g/mol. The van der Waals surface area contributed by atoms with Gasteiger partial charge in [-0.2, -0.15) is 26.3 Å². The van der Waals surface area contributed by atoms with Crippen molar-refractivity contribution in [1.82, 2.24) is 20.5 Å². The zero-order valence-corrected chi connectivity index (χ0v) is 32.5. The fourth-order valence-electron chi connectivity index (χ4n) is 7.18. The standard InChI is InChI=1S/C38H47F6N5O2SSi/c1-8-23-21-49-16-14-24(23)17-31(49)33(29-13-15-45-30-12-10-9-11-28(29)30)47-34(50)32(22(2)51-53(6,7)36(3,4)5)48-35(52)46-27-19-25(37(39,40)41)18-26(20-27)38(42,43)44/h8-13,15,18-20,22-24,31-33H,1,14,16-17,21H2,2-7H3,(H,47,50)(H2,46,48,52)/t22-,23+,24+,31-,32+,33+/m1/s1. The highest BCUT2D eigenvalue weighted by Crippen LogP contribution is 2.43. The van der Waals surface area contributed by atoms with Gasteiger partial charge in [-0.25, -0.2) is 0 Å². The first kappa shape index (κ1) is 40.6. The Labute approximate surface area is 313 Å². The zero-order valence-electron chi connectivity index (χ0n) is 30.7. The number of nitrogens with zero attached hydrogens (tertiary/aromatic N) is 2. The summed E-state index contributed by atoms with van der Waals surface area (Å²) in [5, 5.41) is 8.97. The topological polar surface area (TPSA) is 78.5 Å². The summed E-state index contributed by atoms with van der Waals surface area (Å²) in [6.07, 6.45) is -5.38. The third kappa shape index (κ3) is 9.23. The fraction of sp³-hybridized carbons (Fsp3) is 0.500. The molecule has 3 aliphatic rings. The molecule has 2 aromatic carbocycles. The highest BCUT2D eigenvalue weighted by atomic mass is 32.1. The molecule has 53 heavy (non-hydrogen) atoms. The molecule has 6 rings (SSSR count). The van der Waals surface area contributed by atoms with Crippen LogP contribution in [-0.2, 0) is 21.6 Å². The minimum Gasteiger partial charge on any atom is -0.412 e. The monoisotopic (exact) mass is 779 g/mol. The molecule has 3 aliphatic heterocycles. The number of anilines is 1. The Balaban J connectivity index is 1.51. The van der Waals surface area contributed by atoms with Gasteiger partial charge in [0, 0.05) is 29.9 Å². The predicted molar refractivity (Wildman–Crippen MR) is 202 cm³/mol. The van der Waals surface area contributed by atoms with Crippen molar-refractivity contribution in [3.05, 3.63) is 84.1 Å². The van der Waals surface area contributed by atoms with Gasteiger partial charge >= 0.3 is 12.4 Å². The van der Waals surface area contributed by atoms with Crippen LogP contribution in [0.1, 0.15) is 63.3 Å². The van der Waals surface area contributed by atoms with Crippen molar-refractivity contribution < 1.29 is 35.6 Å². The molecule has 3 saturated heterocycles. The quantitative estimate of drug-likeness (QED) is 0.0821. The van der Waals surface area contributed by atoms with E-state index in [-0.39, 0.29) is 22.3 Å². The van der Waals surface area contributed by atoms with E-state index in [1.165, 1.54) is 0 Å². The lowest BCUT2D eigenvalue weighted by molar-refractivity contribution is -0.143. The molecule has 7 nitrogen and oxygen atoms in total. The number of alkyl halides is 6. The van der Waals surface area contributed by atoms with Crippen LogP contribution in [0.25, 0.3) is 10.9 Å². The molecule has 1 amide bonds. The maximum atomic E-state index is 14.7. The molecule has 7 atom stereocenters. The molecule has 1 unspecified atom stereocenters. The van der Waals surface area contributed by atoms with Gasteiger partial charge in [-0.15, -0.1) is 6.58 Å². The fourth-order valence-corrected chi connectivity index (χ4v) is 8.84. The molecule has 3 N–H and O–H groups in total. The second kappa shape index (κ2) is 15.3. The number of piperidine rings is 3. The lowest BCUT2D eigenvalue weighted by atomic mass is 9.73. The summed E-state index contributed by atoms with van der Waals surface area (Å²) in [5.74, 6) is 0.222. The molecule has 1 aromatic heterocycles. The lowest BCUT2D eigenvalue weighted by Gasteiger charge is -2.52. The van der Waals surface area contributed by atoms with Gasteiger partial charge in [0.15, 0.2) is 13.4 Å². The largest absolute Gasteiger partial charge is 0.416 e. The molecule has 3 fully saturated rings. The molecule has 0 aliphatic carbocycles. The van der Waals surface area contributed by atoms with Gasteiger partial charge in [0.25, 0.3) is 0 Å². The number of amides is 1. The minimum absolute atomic E-state index is 0.0428. The minimum atomic E-state index is -5.05. The van der Waals surface area contributed by atoms with Crippen molar-refractivity contribution in [3.8, 4) is 0 Å². The van der Waals surface area contributed by atoms with Crippen LogP contribution < -0.4 is 16.0 Å². The van der Waals surface area contributed by atoms with E-state index in [0.29, 0.717) is 24.0 Å². The Hall–Kier alpha value is -3.53. The van der Waals surface area contributed by atoms with E-state index in [4.69, 9.17) is 16.6 Å². The summed E-state index contributed by atoms with van der Waals surface area (Å²) in [6.45, 7) is 17.6. The number of pyridine rings is 1. The van der Waals surface area contributed by atoms with Crippen LogP contribution in [0.15, 0.2) is 67.4 Å². The van der Waals surface area contributed by atoms with E-state index in [1.54, 1.807) is 13.1 Å². The molecule has 288 valence electrons. The summed E-state index contributed by atoms with van der Waals surface area (Å²) in [4.78, 5) is 21.6. The first-order chi connectivity index (χ1) is 24.6. The third-order valence-corrected chi connectivity index (χ3v) is 15.8. The van der Waals surface area contributed by atoms with Crippen LogP contribution in [0, 0.1) is 11.8 Å². The molecule has 0 saturated carbocycles. The number of halogens is 6. The van der Waals surface area contributed by atoms with Crippen LogP contribution in [0.2, 0.25) is 18.1 Å². The van der Waals surface area contributed by atoms with Gasteiger partial charge in [0.1, 0.15) is 6.04 Å². The Bertz CT molecular complexity index is 1790. The predicted octanol–water partition coefficient (Wildman–Crippen LogP) is 9.09. The Morgan fingerprint density at radius 2 is 1.68 bits per heavy atom. The number of rotatable bonds is 10. The van der Waals surface area contributed by atoms with Crippen LogP contribution in [0.5, 0.6) is 0 Å². The number of fused-ring (bicyclic) bond motifs is 4. The number of nitrogens with one attached hydrogen (secondary N) is 3. The van der Waals surface area contributed by atoms with Gasteiger partial charge in [-0.3, -0.25) is 14.7 Å². The van der Waals surface area contributed by atoms with E-state index in [1.807, 2.05) is 70.3 Å². The Kier molecular flexibility index (Phi) is 11.7. The van der Waals surface area contributed by atoms with Crippen molar-refractivity contribution in [1.29, 1.82) is 0 Å². The molecule has 0 radical (unpaired) electrons. The van der Waals surface area contributed by atoms with Gasteiger partial charge < -0.3 is 20.4 Å². The van der Waals surface area contributed by atoms with Crippen LogP contribution >= 0.6 is 12.2 Å². The second-order valence-corrected chi connectivity index (χ2v) is 20.8. The van der Waals surface area contributed by atoms with E-state index in [0.717, 1.165) is 42.4 Å². The van der Waals surface area contributed by atoms with Gasteiger partial charge in [0.05, 0.1) is 28.8 Å². The normalized spacial score (nSPS) is 22.5. The number of hydrogen-bond donors (Lipinski definition) is 3. The number of thiocarbonyl (C=S) groups is 1. The average Bonchev–Trinajstić information content (AvgIpc) is 3.07. The number of carbonyl (C=O) groups is 1. The Morgan fingerprint density at radius 1 is 1.04 bits per heavy atom. The highest BCUT2D eigenvalue weighted by Gasteiger charge is 2.45. The summed E-state index contributed by atoms with van der Waals surface area (Å²) < 4.78 is 88.5. The maximum absolute atomic E-state index is 14.7. The molecule has 3 aromatic rings. The zero-order chi connectivity index (χ0) is 39.1. The van der Waals surface area contributed by atoms with E-state index in [9.17, 15) is 31.1 Å². The van der Waals surface area contributed by atoms with E-state index >= 15 is 0 Å². The molecule has 15 heteroatoms. The van der Waals surface area contributed by atoms with Crippen LogP contribution in [0.4, 0.5) is 32.0 Å². The molecule has 2 bridgehead atoms. The Morgan fingerprint density at radius 3 is 2.25 bits per heavy atom. The van der Waals surface area contributed by atoms with Gasteiger partial charge in [0.2, 0.25) is 5.91 Å². The summed E-state index contributed by atoms with van der Waals surface area (Å²) in [6, 6.07) is 8.92. The maximum Gasteiger partial charge on any atom is 0.416 e. The number of aromatic nitrogens is 1. The van der Waals surface area contributed by atoms with Crippen LogP contribution in [-0.4, -0.2) is 60.5 Å². The summed E-state index contributed by atoms with van der Waals surface area (Å²) in [5.41, 5.74) is -1.89. The van der Waals surface area contributed by atoms with Crippen molar-refractivity contribution in [3.63, 3.8) is 0 Å². The van der Waals surface area contributed by atoms with Gasteiger partial charge in [-0.05, 0) is 104 Å². The van der Waals surface area contributed by atoms with E-state index < -0.39 is 61.6 Å². The molecular formula is C38H47F6N5O2SSi. The SMILES string of the molecule is C=C[C@H]1CN2CC[C@H]1C[C@@H]2[C@@H](NC(=O)[C@@H](NC(=S)Nc1cc(C(F)(F)F)cc(C(F)(F)F)c1)[C@@H](C)O[Si](C)(C)C(C)(C)C)c1ccnc2ccccc12. The lowest BCUT2D eigenvalue weighted by Crippen LogP contribution is -2.61. The summed E-state index contributed by atoms with van der Waals surface area (Å²) >= 11 is 5.47.